The van der Waals surface area contributed by atoms with Crippen molar-refractivity contribution in [1.82, 2.24) is 5.32 Å². The van der Waals surface area contributed by atoms with Crippen molar-refractivity contribution in [2.75, 3.05) is 0 Å². The first-order chi connectivity index (χ1) is 9.00. The van der Waals surface area contributed by atoms with Crippen LogP contribution in [0.3, 0.4) is 0 Å². The van der Waals surface area contributed by atoms with Gasteiger partial charge in [-0.2, -0.15) is 0 Å². The lowest BCUT2D eigenvalue weighted by atomic mass is 9.82. The van der Waals surface area contributed by atoms with E-state index in [0.29, 0.717) is 5.56 Å². The van der Waals surface area contributed by atoms with Crippen LogP contribution in [0.5, 0.6) is 0 Å². The lowest BCUT2D eigenvalue weighted by molar-refractivity contribution is -0.129. The molecule has 0 spiro atoms. The van der Waals surface area contributed by atoms with Gasteiger partial charge in [0.15, 0.2) is 5.78 Å². The van der Waals surface area contributed by atoms with E-state index in [1.165, 1.54) is 6.92 Å². The molecule has 1 aromatic rings. The van der Waals surface area contributed by atoms with Crippen LogP contribution in [-0.2, 0) is 14.4 Å². The molecule has 1 heterocycles. The molecule has 5 heteroatoms. The summed E-state index contributed by atoms with van der Waals surface area (Å²) in [4.78, 5) is 46.8. The highest BCUT2D eigenvalue weighted by Gasteiger charge is 2.42. The molecule has 1 aliphatic rings. The molecule has 0 aromatic heterocycles. The van der Waals surface area contributed by atoms with Crippen LogP contribution in [0.25, 0.3) is 0 Å². The van der Waals surface area contributed by atoms with Crippen LogP contribution in [0.15, 0.2) is 30.3 Å². The molecular formula is C14H13NO4. The second-order valence-corrected chi connectivity index (χ2v) is 4.54. The average Bonchev–Trinajstić information content (AvgIpc) is 2.69. The van der Waals surface area contributed by atoms with Gasteiger partial charge >= 0.3 is 0 Å². The molecule has 2 rings (SSSR count). The summed E-state index contributed by atoms with van der Waals surface area (Å²) in [5.41, 5.74) is 0.370. The van der Waals surface area contributed by atoms with Crippen molar-refractivity contribution in [3.05, 3.63) is 35.9 Å². The normalized spacial score (nSPS) is 19.9. The summed E-state index contributed by atoms with van der Waals surface area (Å²) in [5.74, 6) is -3.78. The standard InChI is InChI=1S/C14H13NO4/c1-8(16)12(10-7-11(17)15-14(10)19)13(18)9-5-3-2-4-6-9/h2-6,10,12H,7H2,1H3,(H,15,17,19)/t10-,12?/m0/s1. The maximum atomic E-state index is 12.3. The zero-order valence-electron chi connectivity index (χ0n) is 10.4. The third-order valence-electron chi connectivity index (χ3n) is 3.19. The average molecular weight is 259 g/mol. The Hall–Kier alpha value is -2.30. The number of rotatable bonds is 4. The number of imide groups is 1. The number of carbonyl (C=O) groups excluding carboxylic acids is 4. The van der Waals surface area contributed by atoms with Crippen LogP contribution >= 0.6 is 0 Å². The Morgan fingerprint density at radius 2 is 1.84 bits per heavy atom. The number of nitrogens with one attached hydrogen (secondary N) is 1. The Kier molecular flexibility index (Phi) is 3.55. The van der Waals surface area contributed by atoms with Crippen molar-refractivity contribution in [3.63, 3.8) is 0 Å². The number of amides is 2. The lowest BCUT2D eigenvalue weighted by Gasteiger charge is -2.16. The van der Waals surface area contributed by atoms with Gasteiger partial charge in [-0.3, -0.25) is 24.5 Å². The van der Waals surface area contributed by atoms with E-state index in [1.807, 2.05) is 0 Å². The fourth-order valence-electron chi connectivity index (χ4n) is 2.28. The maximum absolute atomic E-state index is 12.3. The van der Waals surface area contributed by atoms with Crippen LogP contribution in [-0.4, -0.2) is 23.4 Å². The fourth-order valence-corrected chi connectivity index (χ4v) is 2.28. The summed E-state index contributed by atoms with van der Waals surface area (Å²) in [6.07, 6.45) is -0.109. The summed E-state index contributed by atoms with van der Waals surface area (Å²) in [6.45, 7) is 1.27. The van der Waals surface area contributed by atoms with Gasteiger partial charge in [0.05, 0.1) is 11.8 Å². The Morgan fingerprint density at radius 1 is 1.21 bits per heavy atom. The van der Waals surface area contributed by atoms with Crippen molar-refractivity contribution >= 4 is 23.4 Å². The second-order valence-electron chi connectivity index (χ2n) is 4.54. The van der Waals surface area contributed by atoms with Crippen LogP contribution in [0.2, 0.25) is 0 Å². The highest BCUT2D eigenvalue weighted by atomic mass is 16.2. The van der Waals surface area contributed by atoms with Crippen molar-refractivity contribution in [2.24, 2.45) is 11.8 Å². The zero-order valence-corrected chi connectivity index (χ0v) is 10.4. The molecule has 0 radical (unpaired) electrons. The van der Waals surface area contributed by atoms with Gasteiger partial charge in [-0.1, -0.05) is 30.3 Å². The quantitative estimate of drug-likeness (QED) is 0.491. The van der Waals surface area contributed by atoms with E-state index in [0.717, 1.165) is 0 Å². The molecule has 1 saturated heterocycles. The van der Waals surface area contributed by atoms with Crippen molar-refractivity contribution in [3.8, 4) is 0 Å². The van der Waals surface area contributed by atoms with Gasteiger partial charge in [0.2, 0.25) is 11.8 Å². The molecule has 5 nitrogen and oxygen atoms in total. The fraction of sp³-hybridized carbons (Fsp3) is 0.286. The molecule has 2 atom stereocenters. The van der Waals surface area contributed by atoms with Crippen molar-refractivity contribution in [1.29, 1.82) is 0 Å². The van der Waals surface area contributed by atoms with E-state index in [2.05, 4.69) is 5.32 Å². The Balaban J connectivity index is 2.31. The SMILES string of the molecule is CC(=O)C(C(=O)c1ccccc1)[C@@H]1CC(=O)NC1=O. The number of hydrogen-bond acceptors (Lipinski definition) is 4. The molecule has 2 amide bonds. The Labute approximate surface area is 110 Å². The predicted octanol–water partition coefficient (Wildman–Crippen LogP) is 0.737. The molecular weight excluding hydrogens is 246 g/mol. The highest BCUT2D eigenvalue weighted by Crippen LogP contribution is 2.25. The van der Waals surface area contributed by atoms with Gasteiger partial charge in [-0.25, -0.2) is 0 Å². The van der Waals surface area contributed by atoms with Gasteiger partial charge in [-0.05, 0) is 6.92 Å². The molecule has 1 unspecified atom stereocenters. The molecule has 0 aliphatic carbocycles. The van der Waals surface area contributed by atoms with Crippen molar-refractivity contribution in [2.45, 2.75) is 13.3 Å². The van der Waals surface area contributed by atoms with Crippen LogP contribution in [0, 0.1) is 11.8 Å². The Bertz CT molecular complexity index is 550. The summed E-state index contributed by atoms with van der Waals surface area (Å²) in [7, 11) is 0. The van der Waals surface area contributed by atoms with Gasteiger partial charge in [0.1, 0.15) is 5.78 Å². The van der Waals surface area contributed by atoms with Gasteiger partial charge in [0.25, 0.3) is 0 Å². The van der Waals surface area contributed by atoms with Crippen LogP contribution in [0.4, 0.5) is 0 Å². The monoisotopic (exact) mass is 259 g/mol. The van der Waals surface area contributed by atoms with E-state index < -0.39 is 35.2 Å². The summed E-state index contributed by atoms with van der Waals surface area (Å²) in [6, 6.07) is 8.31. The topological polar surface area (TPSA) is 80.3 Å². The molecule has 0 bridgehead atoms. The van der Waals surface area contributed by atoms with Gasteiger partial charge in [-0.15, -0.1) is 0 Å². The third-order valence-corrected chi connectivity index (χ3v) is 3.19. The molecule has 0 saturated carbocycles. The zero-order chi connectivity index (χ0) is 14.0. The largest absolute Gasteiger partial charge is 0.299 e. The maximum Gasteiger partial charge on any atom is 0.231 e. The number of carbonyl (C=O) groups is 4. The van der Waals surface area contributed by atoms with Crippen molar-refractivity contribution < 1.29 is 19.2 Å². The van der Waals surface area contributed by atoms with Crippen LogP contribution in [0.1, 0.15) is 23.7 Å². The van der Waals surface area contributed by atoms with Gasteiger partial charge < -0.3 is 0 Å². The van der Waals surface area contributed by atoms with E-state index in [1.54, 1.807) is 30.3 Å². The number of Topliss-reactive ketones (excluding diaryl/α,β-unsaturated/α-hetero) is 2. The first-order valence-electron chi connectivity index (χ1n) is 5.94. The lowest BCUT2D eigenvalue weighted by Crippen LogP contribution is -2.34. The minimum Gasteiger partial charge on any atom is -0.299 e. The van der Waals surface area contributed by atoms with Crippen LogP contribution < -0.4 is 5.32 Å². The number of benzene rings is 1. The van der Waals surface area contributed by atoms with Gasteiger partial charge in [0, 0.05) is 12.0 Å². The molecule has 19 heavy (non-hydrogen) atoms. The highest BCUT2D eigenvalue weighted by molar-refractivity contribution is 6.15. The Morgan fingerprint density at radius 3 is 2.32 bits per heavy atom. The third kappa shape index (κ3) is 2.59. The van der Waals surface area contributed by atoms with E-state index >= 15 is 0 Å². The number of hydrogen-bond donors (Lipinski definition) is 1. The summed E-state index contributed by atoms with van der Waals surface area (Å²) < 4.78 is 0. The molecule has 1 N–H and O–H groups in total. The molecule has 1 aliphatic heterocycles. The predicted molar refractivity (Wildman–Crippen MR) is 66.2 cm³/mol. The van der Waals surface area contributed by atoms with E-state index in [4.69, 9.17) is 0 Å². The van der Waals surface area contributed by atoms with E-state index in [-0.39, 0.29) is 6.42 Å². The smallest absolute Gasteiger partial charge is 0.231 e. The molecule has 1 aromatic carbocycles. The molecule has 98 valence electrons. The first-order valence-corrected chi connectivity index (χ1v) is 5.94. The summed E-state index contributed by atoms with van der Waals surface area (Å²) >= 11 is 0. The molecule has 1 fully saturated rings. The minimum atomic E-state index is -1.09. The number of ketones is 2. The minimum absolute atomic E-state index is 0.109. The van der Waals surface area contributed by atoms with E-state index in [9.17, 15) is 19.2 Å². The second kappa shape index (κ2) is 5.14. The summed E-state index contributed by atoms with van der Waals surface area (Å²) in [5, 5.41) is 2.13. The first kappa shape index (κ1) is 13.1.